The van der Waals surface area contributed by atoms with Gasteiger partial charge >= 0.3 is 6.18 Å². The SMILES string of the molecule is CC1CCC(/C=C/c2ccc3c(F)c(-c4cc(F)c5c(F)c(C#CC(F)(F)F)c(F)cc5c4)c(F)cc3c2)CC1. The number of benzene rings is 4. The number of rotatable bonds is 3. The minimum atomic E-state index is -5.02. The maximum atomic E-state index is 15.6. The van der Waals surface area contributed by atoms with E-state index in [1.165, 1.54) is 12.0 Å². The fraction of sp³-hybridized carbons (Fsp3) is 0.250. The topological polar surface area (TPSA) is 0 Å². The Morgan fingerprint density at radius 2 is 1.48 bits per heavy atom. The first-order valence-corrected chi connectivity index (χ1v) is 12.7. The van der Waals surface area contributed by atoms with Crippen molar-refractivity contribution in [2.24, 2.45) is 11.8 Å². The van der Waals surface area contributed by atoms with Crippen LogP contribution in [-0.4, -0.2) is 6.18 Å². The van der Waals surface area contributed by atoms with Crippen LogP contribution < -0.4 is 0 Å². The van der Waals surface area contributed by atoms with Crippen LogP contribution in [-0.2, 0) is 0 Å². The molecule has 0 atom stereocenters. The van der Waals surface area contributed by atoms with E-state index in [2.05, 4.69) is 13.0 Å². The Balaban J connectivity index is 1.54. The van der Waals surface area contributed by atoms with Crippen LogP contribution in [0.4, 0.5) is 35.1 Å². The molecule has 0 aliphatic heterocycles. The molecule has 0 N–H and O–H groups in total. The largest absolute Gasteiger partial charge is 0.458 e. The smallest absolute Gasteiger partial charge is 0.206 e. The molecule has 1 fully saturated rings. The highest BCUT2D eigenvalue weighted by Gasteiger charge is 2.25. The van der Waals surface area contributed by atoms with Gasteiger partial charge in [-0.3, -0.25) is 0 Å². The fourth-order valence-electron chi connectivity index (χ4n) is 5.25. The zero-order valence-electron chi connectivity index (χ0n) is 21.2. The molecule has 1 aliphatic carbocycles. The van der Waals surface area contributed by atoms with Crippen LogP contribution in [0.3, 0.4) is 0 Å². The Morgan fingerprint density at radius 3 is 2.17 bits per heavy atom. The lowest BCUT2D eigenvalue weighted by molar-refractivity contribution is -0.0696. The molecule has 0 heterocycles. The fourth-order valence-corrected chi connectivity index (χ4v) is 5.25. The molecule has 0 saturated heterocycles. The molecule has 0 nitrogen and oxygen atoms in total. The predicted octanol–water partition coefficient (Wildman–Crippen LogP) is 10.1. The van der Waals surface area contributed by atoms with Crippen LogP contribution in [0.2, 0.25) is 0 Å². The van der Waals surface area contributed by atoms with Crippen molar-refractivity contribution in [1.82, 2.24) is 0 Å². The number of hydrogen-bond donors (Lipinski definition) is 0. The standard InChI is InChI=1S/C32H22F8/c1-17-2-4-18(5-3-17)6-7-19-8-9-23-20(12-19)14-26(34)28(30(23)36)22-13-21-15-25(33)24(10-11-32(38,39)40)31(37)29(21)27(35)16-22/h6-9,12-18H,2-5H2,1H3/b7-6+. The Kier molecular flexibility index (Phi) is 7.34. The van der Waals surface area contributed by atoms with Crippen molar-refractivity contribution in [3.05, 3.63) is 88.8 Å². The molecule has 0 amide bonds. The van der Waals surface area contributed by atoms with Gasteiger partial charge in [-0.1, -0.05) is 50.0 Å². The van der Waals surface area contributed by atoms with Crippen LogP contribution in [0.15, 0.2) is 48.5 Å². The van der Waals surface area contributed by atoms with Crippen LogP contribution >= 0.6 is 0 Å². The van der Waals surface area contributed by atoms with Crippen molar-refractivity contribution in [3.8, 4) is 23.0 Å². The van der Waals surface area contributed by atoms with Crippen molar-refractivity contribution in [2.45, 2.75) is 38.8 Å². The van der Waals surface area contributed by atoms with Crippen molar-refractivity contribution in [1.29, 1.82) is 0 Å². The lowest BCUT2D eigenvalue weighted by Gasteiger charge is -2.23. The van der Waals surface area contributed by atoms with E-state index < -0.39 is 57.2 Å². The highest BCUT2D eigenvalue weighted by molar-refractivity contribution is 5.94. The highest BCUT2D eigenvalue weighted by atomic mass is 19.4. The van der Waals surface area contributed by atoms with Gasteiger partial charge in [0.2, 0.25) is 0 Å². The lowest BCUT2D eigenvalue weighted by Crippen LogP contribution is -2.09. The maximum Gasteiger partial charge on any atom is 0.458 e. The van der Waals surface area contributed by atoms with Gasteiger partial charge in [0, 0.05) is 11.3 Å². The summed E-state index contributed by atoms with van der Waals surface area (Å²) in [4.78, 5) is 0. The van der Waals surface area contributed by atoms with E-state index in [4.69, 9.17) is 0 Å². The van der Waals surface area contributed by atoms with E-state index in [0.29, 0.717) is 18.1 Å². The van der Waals surface area contributed by atoms with Crippen molar-refractivity contribution in [3.63, 3.8) is 0 Å². The summed E-state index contributed by atoms with van der Waals surface area (Å²) in [5, 5.41) is -0.929. The van der Waals surface area contributed by atoms with Crippen molar-refractivity contribution < 1.29 is 35.1 Å². The molecule has 4 aromatic carbocycles. The van der Waals surface area contributed by atoms with Gasteiger partial charge in [0.1, 0.15) is 23.3 Å². The molecule has 0 unspecified atom stereocenters. The van der Waals surface area contributed by atoms with Gasteiger partial charge in [-0.2, -0.15) is 13.2 Å². The molecule has 8 heteroatoms. The van der Waals surface area contributed by atoms with Crippen LogP contribution in [0.25, 0.3) is 38.7 Å². The molecule has 1 aliphatic rings. The monoisotopic (exact) mass is 558 g/mol. The number of hydrogen-bond acceptors (Lipinski definition) is 0. The summed E-state index contributed by atoms with van der Waals surface area (Å²) in [6, 6.07) is 8.12. The lowest BCUT2D eigenvalue weighted by atomic mass is 9.83. The molecule has 40 heavy (non-hydrogen) atoms. The zero-order valence-corrected chi connectivity index (χ0v) is 21.2. The summed E-state index contributed by atoms with van der Waals surface area (Å²) >= 11 is 0. The average molecular weight is 559 g/mol. The summed E-state index contributed by atoms with van der Waals surface area (Å²) in [5.41, 5.74) is -1.42. The summed E-state index contributed by atoms with van der Waals surface area (Å²) < 4.78 is 112. The number of alkyl halides is 3. The summed E-state index contributed by atoms with van der Waals surface area (Å²) in [5.74, 6) is -3.19. The third-order valence-electron chi connectivity index (χ3n) is 7.37. The minimum Gasteiger partial charge on any atom is -0.206 e. The average Bonchev–Trinajstić information content (AvgIpc) is 2.87. The van der Waals surface area contributed by atoms with E-state index >= 15 is 8.78 Å². The van der Waals surface area contributed by atoms with Crippen LogP contribution in [0.1, 0.15) is 43.7 Å². The second-order valence-electron chi connectivity index (χ2n) is 10.3. The van der Waals surface area contributed by atoms with Gasteiger partial charge < -0.3 is 0 Å². The molecule has 0 aromatic heterocycles. The van der Waals surface area contributed by atoms with Gasteiger partial charge in [0.25, 0.3) is 0 Å². The molecule has 5 rings (SSSR count). The summed E-state index contributed by atoms with van der Waals surface area (Å²) in [7, 11) is 0. The first kappa shape index (κ1) is 27.7. The predicted molar refractivity (Wildman–Crippen MR) is 140 cm³/mol. The summed E-state index contributed by atoms with van der Waals surface area (Å²) in [6.07, 6.45) is 3.53. The summed E-state index contributed by atoms with van der Waals surface area (Å²) in [6.45, 7) is 2.23. The zero-order chi connectivity index (χ0) is 28.8. The maximum absolute atomic E-state index is 15.6. The molecule has 0 bridgehead atoms. The molecule has 1 saturated carbocycles. The van der Waals surface area contributed by atoms with Gasteiger partial charge in [0.05, 0.1) is 16.5 Å². The van der Waals surface area contributed by atoms with Gasteiger partial charge in [-0.25, -0.2) is 22.0 Å². The third-order valence-corrected chi connectivity index (χ3v) is 7.37. The number of fused-ring (bicyclic) bond motifs is 2. The van der Waals surface area contributed by atoms with Crippen LogP contribution in [0, 0.1) is 52.8 Å². The van der Waals surface area contributed by atoms with E-state index in [1.807, 2.05) is 6.08 Å². The molecule has 206 valence electrons. The van der Waals surface area contributed by atoms with Gasteiger partial charge in [0.15, 0.2) is 5.82 Å². The molecular formula is C32H22F8. The highest BCUT2D eigenvalue weighted by Crippen LogP contribution is 2.37. The first-order chi connectivity index (χ1) is 18.9. The van der Waals surface area contributed by atoms with Gasteiger partial charge in [-0.05, 0) is 76.9 Å². The van der Waals surface area contributed by atoms with Crippen molar-refractivity contribution >= 4 is 27.6 Å². The quantitative estimate of drug-likeness (QED) is 0.173. The minimum absolute atomic E-state index is 0.0654. The molecule has 4 aromatic rings. The van der Waals surface area contributed by atoms with Gasteiger partial charge in [-0.15, -0.1) is 0 Å². The Hall–Kier alpha value is -3.86. The third kappa shape index (κ3) is 5.56. The second-order valence-corrected chi connectivity index (χ2v) is 10.3. The Bertz CT molecular complexity index is 1710. The van der Waals surface area contributed by atoms with Crippen LogP contribution in [0.5, 0.6) is 0 Å². The molecule has 0 spiro atoms. The van der Waals surface area contributed by atoms with Crippen molar-refractivity contribution in [2.75, 3.05) is 0 Å². The molecule has 0 radical (unpaired) electrons. The number of allylic oxidation sites excluding steroid dienone is 1. The second kappa shape index (κ2) is 10.6. The first-order valence-electron chi connectivity index (χ1n) is 12.7. The Labute approximate surface area is 225 Å². The number of halogens is 8. The normalized spacial score (nSPS) is 17.9. The van der Waals surface area contributed by atoms with E-state index in [9.17, 15) is 26.3 Å². The van der Waals surface area contributed by atoms with E-state index in [1.54, 1.807) is 12.1 Å². The Morgan fingerprint density at radius 1 is 0.775 bits per heavy atom. The molecular weight excluding hydrogens is 536 g/mol. The van der Waals surface area contributed by atoms with E-state index in [0.717, 1.165) is 55.2 Å². The van der Waals surface area contributed by atoms with E-state index in [-0.39, 0.29) is 16.3 Å².